The molecular formula is C15H20N2O4. The molecule has 0 aliphatic carbocycles. The van der Waals surface area contributed by atoms with Crippen LogP contribution in [0.4, 0.5) is 0 Å². The van der Waals surface area contributed by atoms with Gasteiger partial charge in [0.2, 0.25) is 5.76 Å². The number of aliphatic hydroxyl groups excluding tert-OH is 1. The molecule has 0 bridgehead atoms. The van der Waals surface area contributed by atoms with Crippen LogP contribution in [0.15, 0.2) is 16.5 Å². The Morgan fingerprint density at radius 3 is 2.76 bits per heavy atom. The van der Waals surface area contributed by atoms with Crippen LogP contribution in [0.25, 0.3) is 0 Å². The van der Waals surface area contributed by atoms with Gasteiger partial charge in [-0.2, -0.15) is 5.10 Å². The number of carbonyl (C=O) groups excluding carboxylic acids is 1. The number of furan rings is 1. The molecule has 1 unspecified atom stereocenters. The third-order valence-corrected chi connectivity index (χ3v) is 3.67. The predicted octanol–water partition coefficient (Wildman–Crippen LogP) is 2.08. The molecule has 1 N–H and O–H groups in total. The summed E-state index contributed by atoms with van der Waals surface area (Å²) in [5.41, 5.74) is 3.20. The molecule has 0 aromatic carbocycles. The van der Waals surface area contributed by atoms with E-state index < -0.39 is 12.1 Å². The van der Waals surface area contributed by atoms with E-state index in [0.717, 1.165) is 17.0 Å². The molecule has 21 heavy (non-hydrogen) atoms. The number of aromatic nitrogens is 2. The van der Waals surface area contributed by atoms with Crippen LogP contribution in [0.1, 0.15) is 45.8 Å². The van der Waals surface area contributed by atoms with E-state index in [9.17, 15) is 9.90 Å². The maximum absolute atomic E-state index is 11.3. The molecule has 2 heterocycles. The number of hydrogen-bond acceptors (Lipinski definition) is 5. The fourth-order valence-corrected chi connectivity index (χ4v) is 2.34. The maximum Gasteiger partial charge on any atom is 0.373 e. The largest absolute Gasteiger partial charge is 0.463 e. The van der Waals surface area contributed by atoms with Gasteiger partial charge in [-0.15, -0.1) is 0 Å². The molecule has 6 heteroatoms. The number of ether oxygens (including phenoxy) is 1. The Morgan fingerprint density at radius 2 is 2.19 bits per heavy atom. The van der Waals surface area contributed by atoms with Gasteiger partial charge in [-0.25, -0.2) is 4.79 Å². The maximum atomic E-state index is 11.3. The van der Waals surface area contributed by atoms with Crippen molar-refractivity contribution in [3.8, 4) is 0 Å². The van der Waals surface area contributed by atoms with Crippen LogP contribution < -0.4 is 0 Å². The first-order valence-electron chi connectivity index (χ1n) is 6.79. The highest BCUT2D eigenvalue weighted by Crippen LogP contribution is 2.23. The van der Waals surface area contributed by atoms with E-state index in [1.54, 1.807) is 6.07 Å². The van der Waals surface area contributed by atoms with Crippen molar-refractivity contribution in [2.75, 3.05) is 7.11 Å². The highest BCUT2D eigenvalue weighted by molar-refractivity contribution is 5.86. The van der Waals surface area contributed by atoms with Gasteiger partial charge in [-0.05, 0) is 44.4 Å². The monoisotopic (exact) mass is 292 g/mol. The van der Waals surface area contributed by atoms with E-state index in [1.165, 1.54) is 13.2 Å². The van der Waals surface area contributed by atoms with Gasteiger partial charge >= 0.3 is 5.97 Å². The standard InChI is InChI=1S/C15H20N2O4/c1-9-11(10(2)17(3)16-9)5-6-12(18)13-7-8-14(21-13)15(19)20-4/h7-8,12,18H,5-6H2,1-4H3. The number of aliphatic hydroxyl groups is 1. The van der Waals surface area contributed by atoms with Crippen molar-refractivity contribution in [1.82, 2.24) is 9.78 Å². The lowest BCUT2D eigenvalue weighted by atomic mass is 10.0. The molecule has 0 radical (unpaired) electrons. The summed E-state index contributed by atoms with van der Waals surface area (Å²) >= 11 is 0. The molecule has 6 nitrogen and oxygen atoms in total. The van der Waals surface area contributed by atoms with Crippen LogP contribution in [0.3, 0.4) is 0 Å². The van der Waals surface area contributed by atoms with Crippen molar-refractivity contribution >= 4 is 5.97 Å². The third-order valence-electron chi connectivity index (χ3n) is 3.67. The molecule has 114 valence electrons. The van der Waals surface area contributed by atoms with E-state index in [-0.39, 0.29) is 5.76 Å². The highest BCUT2D eigenvalue weighted by Gasteiger charge is 2.18. The Kier molecular flexibility index (Phi) is 4.47. The summed E-state index contributed by atoms with van der Waals surface area (Å²) < 4.78 is 11.7. The molecule has 0 saturated carbocycles. The van der Waals surface area contributed by atoms with Crippen molar-refractivity contribution in [2.45, 2.75) is 32.8 Å². The SMILES string of the molecule is COC(=O)c1ccc(C(O)CCc2c(C)nn(C)c2C)o1. The lowest BCUT2D eigenvalue weighted by molar-refractivity contribution is 0.0553. The molecular weight excluding hydrogens is 272 g/mol. The van der Waals surface area contributed by atoms with Gasteiger partial charge in [0.05, 0.1) is 12.8 Å². The van der Waals surface area contributed by atoms with Crippen LogP contribution in [0.2, 0.25) is 0 Å². The van der Waals surface area contributed by atoms with Crippen LogP contribution in [0, 0.1) is 13.8 Å². The lowest BCUT2D eigenvalue weighted by Gasteiger charge is -2.08. The smallest absolute Gasteiger partial charge is 0.373 e. The van der Waals surface area contributed by atoms with Crippen molar-refractivity contribution in [3.05, 3.63) is 40.6 Å². The normalized spacial score (nSPS) is 12.4. The first-order chi connectivity index (χ1) is 9.93. The molecule has 0 aliphatic rings. The molecule has 0 fully saturated rings. The summed E-state index contributed by atoms with van der Waals surface area (Å²) in [6, 6.07) is 3.10. The molecule has 1 atom stereocenters. The van der Waals surface area contributed by atoms with E-state index in [1.807, 2.05) is 25.6 Å². The predicted molar refractivity (Wildman–Crippen MR) is 76.0 cm³/mol. The molecule has 0 amide bonds. The van der Waals surface area contributed by atoms with Gasteiger partial charge in [-0.1, -0.05) is 0 Å². The minimum absolute atomic E-state index is 0.0975. The Balaban J connectivity index is 2.03. The Hall–Kier alpha value is -2.08. The first-order valence-corrected chi connectivity index (χ1v) is 6.79. The summed E-state index contributed by atoms with van der Waals surface area (Å²) in [6.07, 6.45) is 0.435. The van der Waals surface area contributed by atoms with Gasteiger partial charge < -0.3 is 14.3 Å². The number of carbonyl (C=O) groups is 1. The van der Waals surface area contributed by atoms with Crippen LogP contribution in [-0.4, -0.2) is 28.0 Å². The average Bonchev–Trinajstić information content (AvgIpc) is 3.03. The number of methoxy groups -OCH3 is 1. The fraction of sp³-hybridized carbons (Fsp3) is 0.467. The molecule has 2 rings (SSSR count). The van der Waals surface area contributed by atoms with Crippen LogP contribution in [-0.2, 0) is 18.2 Å². The van der Waals surface area contributed by atoms with E-state index in [0.29, 0.717) is 18.6 Å². The zero-order valence-corrected chi connectivity index (χ0v) is 12.7. The Labute approximate surface area is 123 Å². The lowest BCUT2D eigenvalue weighted by Crippen LogP contribution is -2.01. The van der Waals surface area contributed by atoms with E-state index in [4.69, 9.17) is 4.42 Å². The van der Waals surface area contributed by atoms with Gasteiger partial charge in [0.25, 0.3) is 0 Å². The molecule has 0 spiro atoms. The zero-order chi connectivity index (χ0) is 15.6. The zero-order valence-electron chi connectivity index (χ0n) is 12.7. The molecule has 0 aliphatic heterocycles. The number of nitrogens with zero attached hydrogens (tertiary/aromatic N) is 2. The Morgan fingerprint density at radius 1 is 1.48 bits per heavy atom. The number of rotatable bonds is 5. The topological polar surface area (TPSA) is 77.5 Å². The second-order valence-corrected chi connectivity index (χ2v) is 5.02. The second kappa shape index (κ2) is 6.13. The van der Waals surface area contributed by atoms with Gasteiger partial charge in [0, 0.05) is 12.7 Å². The molecule has 2 aromatic rings. The number of hydrogen-bond donors (Lipinski definition) is 1. The quantitative estimate of drug-likeness (QED) is 0.854. The van der Waals surface area contributed by atoms with Crippen molar-refractivity contribution in [3.63, 3.8) is 0 Å². The van der Waals surface area contributed by atoms with Gasteiger partial charge in [0.1, 0.15) is 11.9 Å². The fourth-order valence-electron chi connectivity index (χ4n) is 2.34. The van der Waals surface area contributed by atoms with Crippen molar-refractivity contribution < 1.29 is 19.1 Å². The summed E-state index contributed by atoms with van der Waals surface area (Å²) in [4.78, 5) is 11.3. The number of esters is 1. The third kappa shape index (κ3) is 3.16. The summed E-state index contributed by atoms with van der Waals surface area (Å²) in [5.74, 6) is -0.0812. The van der Waals surface area contributed by atoms with Crippen molar-refractivity contribution in [1.29, 1.82) is 0 Å². The molecule has 0 saturated heterocycles. The minimum atomic E-state index is -0.762. The number of aryl methyl sites for hydroxylation is 2. The minimum Gasteiger partial charge on any atom is -0.463 e. The second-order valence-electron chi connectivity index (χ2n) is 5.02. The average molecular weight is 292 g/mol. The van der Waals surface area contributed by atoms with E-state index in [2.05, 4.69) is 9.84 Å². The summed E-state index contributed by atoms with van der Waals surface area (Å²) in [6.45, 7) is 3.96. The van der Waals surface area contributed by atoms with Crippen LogP contribution in [0.5, 0.6) is 0 Å². The summed E-state index contributed by atoms with van der Waals surface area (Å²) in [5, 5.41) is 14.5. The highest BCUT2D eigenvalue weighted by atomic mass is 16.5. The molecule has 2 aromatic heterocycles. The Bertz CT molecular complexity index is 642. The first kappa shape index (κ1) is 15.3. The van der Waals surface area contributed by atoms with Gasteiger partial charge in [-0.3, -0.25) is 4.68 Å². The van der Waals surface area contributed by atoms with Gasteiger partial charge in [0.15, 0.2) is 0 Å². The van der Waals surface area contributed by atoms with E-state index >= 15 is 0 Å². The summed E-state index contributed by atoms with van der Waals surface area (Å²) in [7, 11) is 3.19. The van der Waals surface area contributed by atoms with Crippen molar-refractivity contribution in [2.24, 2.45) is 7.05 Å². The van der Waals surface area contributed by atoms with Crippen LogP contribution >= 0.6 is 0 Å².